The molecular weight excluding hydrogens is 410 g/mol. The molecule has 0 saturated heterocycles. The molecule has 9 heteroatoms. The van der Waals surface area contributed by atoms with Crippen molar-refractivity contribution in [3.8, 4) is 0 Å². The number of thioether (sulfide) groups is 1. The molecule has 0 aliphatic rings. The van der Waals surface area contributed by atoms with Crippen LogP contribution in [0.15, 0.2) is 45.0 Å². The van der Waals surface area contributed by atoms with E-state index >= 15 is 0 Å². The van der Waals surface area contributed by atoms with Crippen LogP contribution in [-0.4, -0.2) is 19.6 Å². The number of hydrogen-bond acceptors (Lipinski definition) is 8. The fourth-order valence-electron chi connectivity index (χ4n) is 2.93. The summed E-state index contributed by atoms with van der Waals surface area (Å²) in [6, 6.07) is 7.97. The molecule has 0 spiro atoms. The van der Waals surface area contributed by atoms with E-state index in [-0.39, 0.29) is 5.56 Å². The summed E-state index contributed by atoms with van der Waals surface area (Å²) in [6.45, 7) is 4.31. The maximum absolute atomic E-state index is 12.1. The van der Waals surface area contributed by atoms with Crippen molar-refractivity contribution in [3.63, 3.8) is 0 Å². The van der Waals surface area contributed by atoms with Gasteiger partial charge in [0.15, 0.2) is 9.30 Å². The number of benzene rings is 1. The average molecular weight is 430 g/mol. The summed E-state index contributed by atoms with van der Waals surface area (Å²) in [5, 5.41) is 14.7. The van der Waals surface area contributed by atoms with Crippen LogP contribution in [0.4, 0.5) is 10.8 Å². The lowest BCUT2D eigenvalue weighted by Crippen LogP contribution is -2.12. The molecule has 0 radical (unpaired) electrons. The lowest BCUT2D eigenvalue weighted by molar-refractivity contribution is 1.01. The molecule has 0 unspecified atom stereocenters. The number of hydrogen-bond donors (Lipinski definition) is 1. The van der Waals surface area contributed by atoms with E-state index in [9.17, 15) is 4.79 Å². The topological polar surface area (TPSA) is 72.2 Å². The molecule has 144 valence electrons. The van der Waals surface area contributed by atoms with Crippen molar-refractivity contribution in [2.45, 2.75) is 36.8 Å². The van der Waals surface area contributed by atoms with Crippen LogP contribution in [0.5, 0.6) is 0 Å². The first-order chi connectivity index (χ1) is 13.7. The van der Waals surface area contributed by atoms with Crippen LogP contribution >= 0.6 is 34.4 Å². The molecule has 0 aliphatic carbocycles. The third-order valence-corrected chi connectivity index (χ3v) is 7.10. The number of para-hydroxylation sites is 1. The van der Waals surface area contributed by atoms with Crippen LogP contribution in [-0.2, 0) is 18.6 Å². The summed E-state index contributed by atoms with van der Waals surface area (Å²) in [7, 11) is 0. The van der Waals surface area contributed by atoms with E-state index in [0.717, 1.165) is 33.7 Å². The fourth-order valence-corrected chi connectivity index (χ4v) is 5.31. The van der Waals surface area contributed by atoms with E-state index in [0.29, 0.717) is 10.7 Å². The van der Waals surface area contributed by atoms with Crippen molar-refractivity contribution < 1.29 is 0 Å². The number of fused-ring (bicyclic) bond motifs is 1. The first-order valence-electron chi connectivity index (χ1n) is 8.97. The molecule has 0 saturated carbocycles. The molecule has 0 aliphatic heterocycles. The molecule has 3 heterocycles. The number of anilines is 2. The number of aromatic nitrogens is 4. The molecule has 0 fully saturated rings. The average Bonchev–Trinajstić information content (AvgIpc) is 3.36. The number of rotatable bonds is 7. The van der Waals surface area contributed by atoms with Crippen molar-refractivity contribution >= 4 is 50.2 Å². The largest absolute Gasteiger partial charge is 0.330 e. The number of nitrogens with one attached hydrogen (secondary N) is 1. The highest BCUT2D eigenvalue weighted by atomic mass is 32.2. The van der Waals surface area contributed by atoms with Gasteiger partial charge in [-0.05, 0) is 24.0 Å². The van der Waals surface area contributed by atoms with Gasteiger partial charge < -0.3 is 5.32 Å². The quantitative estimate of drug-likeness (QED) is 0.427. The predicted octanol–water partition coefficient (Wildman–Crippen LogP) is 4.77. The second-order valence-electron chi connectivity index (χ2n) is 6.09. The molecule has 1 aromatic carbocycles. The zero-order valence-corrected chi connectivity index (χ0v) is 18.0. The summed E-state index contributed by atoms with van der Waals surface area (Å²) < 4.78 is 2.41. The van der Waals surface area contributed by atoms with Gasteiger partial charge in [-0.2, -0.15) is 0 Å². The Morgan fingerprint density at radius 1 is 1.18 bits per heavy atom. The van der Waals surface area contributed by atoms with E-state index in [1.54, 1.807) is 28.4 Å². The molecule has 4 rings (SSSR count). The smallest absolute Gasteiger partial charge is 0.258 e. The number of thiazole rings is 1. The normalized spacial score (nSPS) is 11.2. The van der Waals surface area contributed by atoms with E-state index in [4.69, 9.17) is 0 Å². The van der Waals surface area contributed by atoms with Gasteiger partial charge in [0.2, 0.25) is 5.13 Å². The molecule has 0 atom stereocenters. The van der Waals surface area contributed by atoms with Crippen LogP contribution in [0.2, 0.25) is 0 Å². The molecule has 6 nitrogen and oxygen atoms in total. The second kappa shape index (κ2) is 8.42. The maximum Gasteiger partial charge on any atom is 0.258 e. The van der Waals surface area contributed by atoms with Gasteiger partial charge in [0.05, 0.1) is 5.69 Å². The van der Waals surface area contributed by atoms with E-state index < -0.39 is 0 Å². The van der Waals surface area contributed by atoms with Gasteiger partial charge in [0.1, 0.15) is 0 Å². The van der Waals surface area contributed by atoms with Crippen molar-refractivity contribution in [2.24, 2.45) is 0 Å². The van der Waals surface area contributed by atoms with Crippen molar-refractivity contribution in [1.29, 1.82) is 0 Å². The Labute approximate surface area is 174 Å². The minimum absolute atomic E-state index is 0.0512. The van der Waals surface area contributed by atoms with Crippen LogP contribution in [0, 0.1) is 0 Å². The zero-order chi connectivity index (χ0) is 19.5. The van der Waals surface area contributed by atoms with E-state index in [1.165, 1.54) is 33.8 Å². The van der Waals surface area contributed by atoms with Crippen molar-refractivity contribution in [3.05, 3.63) is 63.0 Å². The Kier molecular flexibility index (Phi) is 5.74. The van der Waals surface area contributed by atoms with E-state index in [2.05, 4.69) is 52.5 Å². The molecule has 1 N–H and O–H groups in total. The lowest BCUT2D eigenvalue weighted by atomic mass is 10.0. The summed E-state index contributed by atoms with van der Waals surface area (Å²) in [4.78, 5) is 17.3. The van der Waals surface area contributed by atoms with E-state index in [1.807, 2.05) is 5.38 Å². The Morgan fingerprint density at radius 2 is 1.96 bits per heavy atom. The lowest BCUT2D eigenvalue weighted by Gasteiger charge is -2.13. The molecule has 4 aromatic rings. The van der Waals surface area contributed by atoms with Crippen LogP contribution in [0.3, 0.4) is 0 Å². The highest BCUT2D eigenvalue weighted by Crippen LogP contribution is 2.32. The van der Waals surface area contributed by atoms with Gasteiger partial charge in [-0.1, -0.05) is 55.1 Å². The first-order valence-corrected chi connectivity index (χ1v) is 11.7. The third kappa shape index (κ3) is 3.96. The summed E-state index contributed by atoms with van der Waals surface area (Å²) in [6.07, 6.45) is 3.67. The summed E-state index contributed by atoms with van der Waals surface area (Å²) in [5.74, 6) is 0.587. The number of nitrogens with zero attached hydrogens (tertiary/aromatic N) is 4. The maximum atomic E-state index is 12.1. The molecular formula is C19H19N5OS3. The number of aryl methyl sites for hydroxylation is 2. The van der Waals surface area contributed by atoms with Crippen LogP contribution < -0.4 is 10.9 Å². The molecule has 0 amide bonds. The van der Waals surface area contributed by atoms with Gasteiger partial charge in [-0.3, -0.25) is 9.20 Å². The second-order valence-corrected chi connectivity index (χ2v) is 9.16. The van der Waals surface area contributed by atoms with Gasteiger partial charge in [0.25, 0.3) is 5.56 Å². The zero-order valence-electron chi connectivity index (χ0n) is 15.5. The molecule has 28 heavy (non-hydrogen) atoms. The van der Waals surface area contributed by atoms with Gasteiger partial charge in [-0.25, -0.2) is 4.98 Å². The minimum Gasteiger partial charge on any atom is -0.330 e. The van der Waals surface area contributed by atoms with Gasteiger partial charge in [0, 0.05) is 29.1 Å². The van der Waals surface area contributed by atoms with Gasteiger partial charge >= 0.3 is 0 Å². The molecule has 3 aromatic heterocycles. The van der Waals surface area contributed by atoms with Crippen molar-refractivity contribution in [1.82, 2.24) is 19.6 Å². The first kappa shape index (κ1) is 19.1. The fraction of sp³-hybridized carbons (Fsp3) is 0.263. The predicted molar refractivity (Wildman–Crippen MR) is 117 cm³/mol. The standard InChI is InChI=1S/C19H19N5OS3/c1-3-12-6-5-7-13(4-2)16(12)21-17-22-23-19(28-17)27-11-14-10-15(25)24-8-9-26-18(24)20-14/h5-10H,3-4,11H2,1-2H3,(H,21,22). The Morgan fingerprint density at radius 3 is 2.71 bits per heavy atom. The van der Waals surface area contributed by atoms with Crippen LogP contribution in [0.25, 0.3) is 4.96 Å². The Bertz CT molecular complexity index is 1140. The minimum atomic E-state index is -0.0512. The van der Waals surface area contributed by atoms with Crippen LogP contribution in [0.1, 0.15) is 30.7 Å². The Hall–Kier alpha value is -2.23. The summed E-state index contributed by atoms with van der Waals surface area (Å²) >= 11 is 4.52. The monoisotopic (exact) mass is 429 g/mol. The third-order valence-electron chi connectivity index (χ3n) is 4.34. The highest BCUT2D eigenvalue weighted by Gasteiger charge is 2.11. The van der Waals surface area contributed by atoms with Crippen molar-refractivity contribution in [2.75, 3.05) is 5.32 Å². The Balaban J connectivity index is 1.48. The highest BCUT2D eigenvalue weighted by molar-refractivity contribution is 8.00. The van der Waals surface area contributed by atoms with Gasteiger partial charge in [-0.15, -0.1) is 21.5 Å². The molecule has 0 bridgehead atoms. The summed E-state index contributed by atoms with van der Waals surface area (Å²) in [5.41, 5.74) is 4.39. The SMILES string of the molecule is CCc1cccc(CC)c1Nc1nnc(SCc2cc(=O)n3ccsc3n2)s1.